The topological polar surface area (TPSA) is 68.7 Å². The highest BCUT2D eigenvalue weighted by molar-refractivity contribution is 7.13. The van der Waals surface area contributed by atoms with E-state index in [1.165, 1.54) is 5.56 Å². The number of carbonyl (C=O) groups excluding carboxylic acids is 1. The van der Waals surface area contributed by atoms with Crippen LogP contribution >= 0.6 is 11.3 Å². The zero-order valence-corrected chi connectivity index (χ0v) is 16.0. The summed E-state index contributed by atoms with van der Waals surface area (Å²) in [6.45, 7) is 5.64. The lowest BCUT2D eigenvalue weighted by atomic mass is 10.1. The van der Waals surface area contributed by atoms with E-state index in [1.807, 2.05) is 5.38 Å². The highest BCUT2D eigenvalue weighted by atomic mass is 32.1. The molecule has 2 aromatic rings. The molecule has 0 atom stereocenters. The van der Waals surface area contributed by atoms with Crippen LogP contribution in [0.4, 0.5) is 0 Å². The van der Waals surface area contributed by atoms with Crippen LogP contribution < -0.4 is 5.32 Å². The van der Waals surface area contributed by atoms with Crippen LogP contribution in [0.15, 0.2) is 29.6 Å². The average molecular weight is 375 g/mol. The number of rotatable bonds is 7. The molecule has 140 valence electrons. The largest absolute Gasteiger partial charge is 0.395 e. The van der Waals surface area contributed by atoms with Crippen LogP contribution in [0.25, 0.3) is 10.6 Å². The number of aliphatic hydroxyl groups excluding tert-OH is 1. The van der Waals surface area contributed by atoms with Gasteiger partial charge in [0.1, 0.15) is 5.01 Å². The van der Waals surface area contributed by atoms with E-state index in [0.717, 1.165) is 49.0 Å². The minimum Gasteiger partial charge on any atom is -0.395 e. The molecule has 0 spiro atoms. The molecular formula is C19H26N4O2S. The van der Waals surface area contributed by atoms with Crippen molar-refractivity contribution in [1.82, 2.24) is 20.1 Å². The average Bonchev–Trinajstić information content (AvgIpc) is 3.11. The highest BCUT2D eigenvalue weighted by Crippen LogP contribution is 2.25. The van der Waals surface area contributed by atoms with Crippen molar-refractivity contribution in [1.29, 1.82) is 0 Å². The Morgan fingerprint density at radius 1 is 1.31 bits per heavy atom. The molecule has 1 aromatic heterocycles. The number of nitrogens with one attached hydrogen (secondary N) is 1. The zero-order valence-electron chi connectivity index (χ0n) is 15.1. The molecule has 6 nitrogen and oxygen atoms in total. The number of aliphatic hydroxyl groups is 1. The molecule has 0 unspecified atom stereocenters. The van der Waals surface area contributed by atoms with Crippen LogP contribution in [0.3, 0.4) is 0 Å². The van der Waals surface area contributed by atoms with Gasteiger partial charge in [-0.1, -0.05) is 18.2 Å². The summed E-state index contributed by atoms with van der Waals surface area (Å²) in [5.74, 6) is -0.111. The van der Waals surface area contributed by atoms with Crippen molar-refractivity contribution in [2.45, 2.75) is 13.0 Å². The molecule has 3 rings (SSSR count). The predicted molar refractivity (Wildman–Crippen MR) is 104 cm³/mol. The van der Waals surface area contributed by atoms with Gasteiger partial charge in [0.15, 0.2) is 0 Å². The van der Waals surface area contributed by atoms with Crippen molar-refractivity contribution in [2.75, 3.05) is 46.4 Å². The Labute approximate surface area is 158 Å². The number of hydrogen-bond donors (Lipinski definition) is 2. The number of hydrogen-bond acceptors (Lipinski definition) is 6. The molecule has 1 amide bonds. The fourth-order valence-electron chi connectivity index (χ4n) is 3.01. The first kappa shape index (κ1) is 19.0. The van der Waals surface area contributed by atoms with Crippen molar-refractivity contribution in [3.8, 4) is 10.6 Å². The van der Waals surface area contributed by atoms with Crippen molar-refractivity contribution >= 4 is 17.2 Å². The van der Waals surface area contributed by atoms with Gasteiger partial charge in [0.25, 0.3) is 0 Å². The Hall–Kier alpha value is -1.80. The molecule has 0 aliphatic carbocycles. The molecule has 1 saturated heterocycles. The number of thiazole rings is 1. The second-order valence-electron chi connectivity index (χ2n) is 6.67. The summed E-state index contributed by atoms with van der Waals surface area (Å²) in [6.07, 6.45) is 0.248. The third kappa shape index (κ3) is 5.35. The maximum absolute atomic E-state index is 11.7. The molecule has 1 aliphatic rings. The number of nitrogens with zero attached hydrogens (tertiary/aromatic N) is 3. The summed E-state index contributed by atoms with van der Waals surface area (Å²) in [7, 11) is 2.17. The van der Waals surface area contributed by atoms with Gasteiger partial charge in [-0.3, -0.25) is 9.69 Å². The molecule has 2 N–H and O–H groups in total. The SMILES string of the molecule is CN1CCN(Cc2cccc(-c3nc(CC(=O)NCCO)cs3)c2)CC1. The summed E-state index contributed by atoms with van der Waals surface area (Å²) in [5, 5.41) is 14.3. The number of aromatic nitrogens is 1. The van der Waals surface area contributed by atoms with Crippen LogP contribution in [0.5, 0.6) is 0 Å². The smallest absolute Gasteiger partial charge is 0.226 e. The van der Waals surface area contributed by atoms with Crippen molar-refractivity contribution < 1.29 is 9.90 Å². The number of piperazine rings is 1. The Kier molecular flexibility index (Phi) is 6.73. The lowest BCUT2D eigenvalue weighted by Gasteiger charge is -2.32. The van der Waals surface area contributed by atoms with Gasteiger partial charge in [-0.05, 0) is 18.7 Å². The maximum Gasteiger partial charge on any atom is 0.226 e. The first-order chi connectivity index (χ1) is 12.6. The lowest BCUT2D eigenvalue weighted by molar-refractivity contribution is -0.120. The molecule has 0 radical (unpaired) electrons. The maximum atomic E-state index is 11.7. The zero-order chi connectivity index (χ0) is 18.4. The lowest BCUT2D eigenvalue weighted by Crippen LogP contribution is -2.43. The van der Waals surface area contributed by atoms with Crippen LogP contribution in [0.2, 0.25) is 0 Å². The molecule has 0 saturated carbocycles. The normalized spacial score (nSPS) is 15.9. The number of amides is 1. The van der Waals surface area contributed by atoms with E-state index in [0.29, 0.717) is 0 Å². The Morgan fingerprint density at radius 2 is 2.12 bits per heavy atom. The van der Waals surface area contributed by atoms with Gasteiger partial charge < -0.3 is 15.3 Å². The van der Waals surface area contributed by atoms with Gasteiger partial charge in [0.2, 0.25) is 5.91 Å². The summed E-state index contributed by atoms with van der Waals surface area (Å²) in [6, 6.07) is 8.52. The molecule has 1 aliphatic heterocycles. The van der Waals surface area contributed by atoms with E-state index >= 15 is 0 Å². The van der Waals surface area contributed by atoms with Gasteiger partial charge >= 0.3 is 0 Å². The van der Waals surface area contributed by atoms with E-state index < -0.39 is 0 Å². The first-order valence-electron chi connectivity index (χ1n) is 8.96. The number of likely N-dealkylation sites (N-methyl/N-ethyl adjacent to an activating group) is 1. The second-order valence-corrected chi connectivity index (χ2v) is 7.53. The Balaban J connectivity index is 1.62. The number of carbonyl (C=O) groups is 1. The molecular weight excluding hydrogens is 348 g/mol. The fraction of sp³-hybridized carbons (Fsp3) is 0.474. The van der Waals surface area contributed by atoms with Gasteiger partial charge in [0, 0.05) is 50.2 Å². The highest BCUT2D eigenvalue weighted by Gasteiger charge is 2.14. The van der Waals surface area contributed by atoms with Gasteiger partial charge in [-0.2, -0.15) is 0 Å². The minimum atomic E-state index is -0.111. The van der Waals surface area contributed by atoms with E-state index in [4.69, 9.17) is 5.11 Å². The first-order valence-corrected chi connectivity index (χ1v) is 9.84. The minimum absolute atomic E-state index is 0.0475. The van der Waals surface area contributed by atoms with Crippen molar-refractivity contribution in [2.24, 2.45) is 0 Å². The Morgan fingerprint density at radius 3 is 2.88 bits per heavy atom. The van der Waals surface area contributed by atoms with Crippen molar-refractivity contribution in [3.63, 3.8) is 0 Å². The van der Waals surface area contributed by atoms with E-state index in [-0.39, 0.29) is 25.5 Å². The molecule has 1 aromatic carbocycles. The summed E-state index contributed by atoms with van der Waals surface area (Å²) >= 11 is 1.56. The monoisotopic (exact) mass is 374 g/mol. The molecule has 1 fully saturated rings. The van der Waals surface area contributed by atoms with Crippen LogP contribution in [0, 0.1) is 0 Å². The van der Waals surface area contributed by atoms with E-state index in [2.05, 4.69) is 51.4 Å². The summed E-state index contributed by atoms with van der Waals surface area (Å²) < 4.78 is 0. The fourth-order valence-corrected chi connectivity index (χ4v) is 3.83. The van der Waals surface area contributed by atoms with Crippen molar-refractivity contribution in [3.05, 3.63) is 40.9 Å². The molecule has 7 heteroatoms. The standard InChI is InChI=1S/C19H26N4O2S/c1-22-6-8-23(9-7-22)13-15-3-2-4-16(11-15)19-21-17(14-26-19)12-18(25)20-5-10-24/h2-4,11,14,24H,5-10,12-13H2,1H3,(H,20,25). The summed E-state index contributed by atoms with van der Waals surface area (Å²) in [5.41, 5.74) is 3.16. The predicted octanol–water partition coefficient (Wildman–Crippen LogP) is 1.21. The molecule has 0 bridgehead atoms. The van der Waals surface area contributed by atoms with Gasteiger partial charge in [-0.25, -0.2) is 4.98 Å². The van der Waals surface area contributed by atoms with Crippen LogP contribution in [-0.4, -0.2) is 72.2 Å². The van der Waals surface area contributed by atoms with E-state index in [9.17, 15) is 4.79 Å². The van der Waals surface area contributed by atoms with Gasteiger partial charge in [0.05, 0.1) is 18.7 Å². The van der Waals surface area contributed by atoms with Crippen LogP contribution in [-0.2, 0) is 17.8 Å². The second kappa shape index (κ2) is 9.23. The molecule has 26 heavy (non-hydrogen) atoms. The van der Waals surface area contributed by atoms with E-state index in [1.54, 1.807) is 11.3 Å². The quantitative estimate of drug-likeness (QED) is 0.762. The summed E-state index contributed by atoms with van der Waals surface area (Å²) in [4.78, 5) is 21.2. The van der Waals surface area contributed by atoms with Gasteiger partial charge in [-0.15, -0.1) is 11.3 Å². The third-order valence-electron chi connectivity index (χ3n) is 4.50. The Bertz CT molecular complexity index is 726. The number of benzene rings is 1. The molecule has 2 heterocycles. The third-order valence-corrected chi connectivity index (χ3v) is 5.44. The van der Waals surface area contributed by atoms with Crippen LogP contribution in [0.1, 0.15) is 11.3 Å².